The predicted molar refractivity (Wildman–Crippen MR) is 36.4 cm³/mol. The zero-order valence-electron chi connectivity index (χ0n) is 4.24. The molecule has 1 rings (SSSR count). The molecule has 0 N–H and O–H groups in total. The summed E-state index contributed by atoms with van der Waals surface area (Å²) in [5, 5.41) is 0. The number of hydrogen-bond acceptors (Lipinski definition) is 3. The molecule has 0 saturated carbocycles. The first-order valence-corrected chi connectivity index (χ1v) is 3.54. The highest BCUT2D eigenvalue weighted by Gasteiger charge is 2.61. The van der Waals surface area contributed by atoms with Gasteiger partial charge in [-0.15, -0.1) is 0 Å². The molecular weight excluding hydrogens is 226 g/mol. The predicted octanol–water partition coefficient (Wildman–Crippen LogP) is 2.42. The Labute approximate surface area is 76.1 Å². The van der Waals surface area contributed by atoms with Gasteiger partial charge in [-0.2, -0.15) is 0 Å². The van der Waals surface area contributed by atoms with E-state index < -0.39 is 15.2 Å². The summed E-state index contributed by atoms with van der Waals surface area (Å²) in [5.74, 6) is 0. The van der Waals surface area contributed by atoms with Gasteiger partial charge in [-0.1, -0.05) is 0 Å². The van der Waals surface area contributed by atoms with Crippen molar-refractivity contribution in [2.45, 2.75) is 9.04 Å². The normalized spacial score (nSPS) is 27.4. The molecule has 1 saturated heterocycles. The number of cyclic esters (lactones) is 2. The molecule has 0 aliphatic carbocycles. The summed E-state index contributed by atoms with van der Waals surface area (Å²) in [6.07, 6.45) is -1.10. The van der Waals surface area contributed by atoms with Crippen molar-refractivity contribution in [3.05, 3.63) is 0 Å². The van der Waals surface area contributed by atoms with Crippen LogP contribution >= 0.6 is 46.4 Å². The lowest BCUT2D eigenvalue weighted by atomic mass is 10.7. The monoisotopic (exact) mass is 224 g/mol. The maximum Gasteiger partial charge on any atom is 0.514 e. The topological polar surface area (TPSA) is 35.5 Å². The number of ether oxygens (including phenoxy) is 2. The summed E-state index contributed by atoms with van der Waals surface area (Å²) in [6, 6.07) is 0. The van der Waals surface area contributed by atoms with Gasteiger partial charge in [0.25, 0.3) is 0 Å². The van der Waals surface area contributed by atoms with Crippen LogP contribution in [0.25, 0.3) is 0 Å². The van der Waals surface area contributed by atoms with Crippen molar-refractivity contribution in [1.82, 2.24) is 0 Å². The Morgan fingerprint density at radius 3 is 1.40 bits per heavy atom. The molecule has 0 aromatic heterocycles. The van der Waals surface area contributed by atoms with E-state index in [4.69, 9.17) is 46.4 Å². The zero-order valence-corrected chi connectivity index (χ0v) is 7.26. The van der Waals surface area contributed by atoms with Crippen molar-refractivity contribution in [2.24, 2.45) is 0 Å². The molecule has 0 amide bonds. The van der Waals surface area contributed by atoms with Crippen molar-refractivity contribution < 1.29 is 14.3 Å². The van der Waals surface area contributed by atoms with Crippen molar-refractivity contribution in [3.8, 4) is 0 Å². The number of hydrogen-bond donors (Lipinski definition) is 0. The summed E-state index contributed by atoms with van der Waals surface area (Å²) in [4.78, 5) is 10.3. The second-order valence-electron chi connectivity index (χ2n) is 1.49. The fourth-order valence-corrected chi connectivity index (χ4v) is 0.755. The highest BCUT2D eigenvalue weighted by molar-refractivity contribution is 6.61. The maximum atomic E-state index is 10.3. The van der Waals surface area contributed by atoms with E-state index in [-0.39, 0.29) is 0 Å². The molecule has 1 aliphatic heterocycles. The standard InChI is InChI=1S/C3Cl4O3/c4-2(5)3(6,7)10-1(8)9-2. The van der Waals surface area contributed by atoms with Crippen LogP contribution in [0.2, 0.25) is 0 Å². The molecule has 10 heavy (non-hydrogen) atoms. The van der Waals surface area contributed by atoms with E-state index in [1.54, 1.807) is 0 Å². The molecule has 0 spiro atoms. The lowest BCUT2D eigenvalue weighted by Gasteiger charge is -2.17. The molecule has 1 fully saturated rings. The van der Waals surface area contributed by atoms with Gasteiger partial charge in [0.2, 0.25) is 0 Å². The smallest absolute Gasteiger partial charge is 0.390 e. The minimum atomic E-state index is -2.03. The minimum absolute atomic E-state index is 1.10. The third-order valence-corrected chi connectivity index (χ3v) is 2.52. The molecule has 1 aliphatic rings. The first-order valence-electron chi connectivity index (χ1n) is 2.03. The Kier molecular flexibility index (Phi) is 1.88. The Morgan fingerprint density at radius 2 is 1.30 bits per heavy atom. The number of rotatable bonds is 0. The van der Waals surface area contributed by atoms with Crippen molar-refractivity contribution in [3.63, 3.8) is 0 Å². The molecular formula is C3Cl4O3. The second-order valence-corrected chi connectivity index (χ2v) is 4.00. The maximum absolute atomic E-state index is 10.3. The Bertz CT molecular complexity index is 159. The second kappa shape index (κ2) is 2.21. The number of carbonyl (C=O) groups excluding carboxylic acids is 1. The van der Waals surface area contributed by atoms with Crippen LogP contribution in [-0.4, -0.2) is 15.2 Å². The number of carbonyl (C=O) groups is 1. The lowest BCUT2D eigenvalue weighted by molar-refractivity contribution is 0.121. The molecule has 0 atom stereocenters. The first kappa shape index (κ1) is 8.53. The van der Waals surface area contributed by atoms with Crippen molar-refractivity contribution in [2.75, 3.05) is 0 Å². The van der Waals surface area contributed by atoms with Gasteiger partial charge >= 0.3 is 15.2 Å². The van der Waals surface area contributed by atoms with E-state index in [0.717, 1.165) is 0 Å². The van der Waals surface area contributed by atoms with Crippen LogP contribution in [-0.2, 0) is 9.47 Å². The highest BCUT2D eigenvalue weighted by Crippen LogP contribution is 2.49. The third-order valence-electron chi connectivity index (χ3n) is 0.762. The number of halogens is 4. The van der Waals surface area contributed by atoms with E-state index in [2.05, 4.69) is 9.47 Å². The molecule has 0 radical (unpaired) electrons. The third kappa shape index (κ3) is 1.23. The van der Waals surface area contributed by atoms with Gasteiger partial charge < -0.3 is 9.47 Å². The molecule has 0 aromatic rings. The van der Waals surface area contributed by atoms with E-state index in [9.17, 15) is 4.79 Å². The minimum Gasteiger partial charge on any atom is -0.390 e. The van der Waals surface area contributed by atoms with Gasteiger partial charge in [0.1, 0.15) is 0 Å². The fraction of sp³-hybridized carbons (Fsp3) is 0.667. The average molecular weight is 226 g/mol. The molecule has 3 nitrogen and oxygen atoms in total. The largest absolute Gasteiger partial charge is 0.514 e. The molecule has 0 bridgehead atoms. The molecule has 1 heterocycles. The van der Waals surface area contributed by atoms with E-state index in [1.807, 2.05) is 0 Å². The van der Waals surface area contributed by atoms with E-state index >= 15 is 0 Å². The Balaban J connectivity index is 2.88. The van der Waals surface area contributed by atoms with Crippen LogP contribution in [0.1, 0.15) is 0 Å². The summed E-state index contributed by atoms with van der Waals surface area (Å²) in [6.45, 7) is 0. The molecule has 0 aromatic carbocycles. The van der Waals surface area contributed by atoms with Crippen LogP contribution in [0.4, 0.5) is 4.79 Å². The van der Waals surface area contributed by atoms with E-state index in [0.29, 0.717) is 0 Å². The molecule has 0 unspecified atom stereocenters. The van der Waals surface area contributed by atoms with Gasteiger partial charge in [0.05, 0.1) is 0 Å². The van der Waals surface area contributed by atoms with Crippen LogP contribution in [0, 0.1) is 0 Å². The Hall–Kier alpha value is 0.430. The summed E-state index contributed by atoms with van der Waals surface area (Å²) < 4.78 is 4.27. The van der Waals surface area contributed by atoms with E-state index in [1.165, 1.54) is 0 Å². The van der Waals surface area contributed by atoms with Gasteiger partial charge in [0.15, 0.2) is 0 Å². The van der Waals surface area contributed by atoms with Crippen LogP contribution in [0.5, 0.6) is 0 Å². The summed E-state index contributed by atoms with van der Waals surface area (Å²) in [7, 11) is 0. The van der Waals surface area contributed by atoms with Gasteiger partial charge in [0, 0.05) is 0 Å². The van der Waals surface area contributed by atoms with Gasteiger partial charge in [-0.25, -0.2) is 4.79 Å². The first-order chi connectivity index (χ1) is 4.35. The highest BCUT2D eigenvalue weighted by atomic mass is 35.5. The Morgan fingerprint density at radius 1 is 1.00 bits per heavy atom. The van der Waals surface area contributed by atoms with Crippen LogP contribution in [0.15, 0.2) is 0 Å². The quantitative estimate of drug-likeness (QED) is 0.469. The lowest BCUT2D eigenvalue weighted by Crippen LogP contribution is -2.31. The molecule has 7 heteroatoms. The summed E-state index contributed by atoms with van der Waals surface area (Å²) >= 11 is 21.2. The van der Waals surface area contributed by atoms with Crippen molar-refractivity contribution >= 4 is 52.6 Å². The fourth-order valence-electron chi connectivity index (χ4n) is 0.349. The van der Waals surface area contributed by atoms with Gasteiger partial charge in [-0.05, 0) is 46.4 Å². The van der Waals surface area contributed by atoms with Gasteiger partial charge in [-0.3, -0.25) is 0 Å². The average Bonchev–Trinajstić information content (AvgIpc) is 1.73. The van der Waals surface area contributed by atoms with Crippen LogP contribution in [0.3, 0.4) is 0 Å². The number of alkyl halides is 4. The summed E-state index contributed by atoms with van der Waals surface area (Å²) in [5.41, 5.74) is 0. The SMILES string of the molecule is O=C1OC(Cl)(Cl)C(Cl)(Cl)O1. The van der Waals surface area contributed by atoms with Crippen molar-refractivity contribution in [1.29, 1.82) is 0 Å². The molecule has 58 valence electrons. The zero-order chi connectivity index (χ0) is 7.99. The van der Waals surface area contributed by atoms with Crippen LogP contribution < -0.4 is 0 Å².